The number of esters is 1. The number of aliphatic imine (C=N–C) groups is 1. The third-order valence-electron chi connectivity index (χ3n) is 4.91. The van der Waals surface area contributed by atoms with Gasteiger partial charge in [-0.2, -0.15) is 0 Å². The molecule has 1 heterocycles. The first kappa shape index (κ1) is 25.4. The molecule has 0 spiro atoms. The number of halogens is 1. The number of likely N-dealkylation sites (tertiary alicyclic amines) is 1. The third kappa shape index (κ3) is 10.5. The highest BCUT2D eigenvalue weighted by atomic mass is 127. The summed E-state index contributed by atoms with van der Waals surface area (Å²) in [5.41, 5.74) is 0. The minimum absolute atomic E-state index is 0. The van der Waals surface area contributed by atoms with E-state index in [0.29, 0.717) is 18.4 Å². The Morgan fingerprint density at radius 1 is 1.12 bits per heavy atom. The molecule has 0 radical (unpaired) electrons. The van der Waals surface area contributed by atoms with Crippen LogP contribution in [0.4, 0.5) is 0 Å². The van der Waals surface area contributed by atoms with E-state index in [4.69, 9.17) is 0 Å². The second-order valence-corrected chi connectivity index (χ2v) is 7.17. The monoisotopic (exact) mass is 482 g/mol. The molecular formula is C19H39IN4O2. The van der Waals surface area contributed by atoms with Crippen LogP contribution in [0.25, 0.3) is 0 Å². The molecule has 1 saturated heterocycles. The van der Waals surface area contributed by atoms with Gasteiger partial charge in [-0.3, -0.25) is 14.7 Å². The number of hydrogen-bond donors (Lipinski definition) is 2. The van der Waals surface area contributed by atoms with E-state index in [1.54, 1.807) is 7.05 Å². The first-order valence-corrected chi connectivity index (χ1v) is 9.83. The van der Waals surface area contributed by atoms with E-state index in [1.807, 2.05) is 0 Å². The number of hydrogen-bond acceptors (Lipinski definition) is 4. The van der Waals surface area contributed by atoms with E-state index in [-0.39, 0.29) is 29.9 Å². The molecule has 26 heavy (non-hydrogen) atoms. The number of carbonyl (C=O) groups is 1. The molecule has 6 nitrogen and oxygen atoms in total. The van der Waals surface area contributed by atoms with Gasteiger partial charge in [0.1, 0.15) is 0 Å². The molecule has 1 aliphatic heterocycles. The summed E-state index contributed by atoms with van der Waals surface area (Å²) < 4.78 is 4.65. The van der Waals surface area contributed by atoms with Gasteiger partial charge < -0.3 is 15.4 Å². The van der Waals surface area contributed by atoms with Crippen LogP contribution in [0.5, 0.6) is 0 Å². The number of nitrogens with zero attached hydrogens (tertiary/aromatic N) is 2. The van der Waals surface area contributed by atoms with Gasteiger partial charge in [-0.15, -0.1) is 24.0 Å². The molecular weight excluding hydrogens is 443 g/mol. The maximum atomic E-state index is 11.1. The second kappa shape index (κ2) is 15.5. The van der Waals surface area contributed by atoms with Crippen LogP contribution in [-0.2, 0) is 9.53 Å². The molecule has 0 aromatic rings. The Morgan fingerprint density at radius 2 is 1.77 bits per heavy atom. The molecule has 2 N–H and O–H groups in total. The summed E-state index contributed by atoms with van der Waals surface area (Å²) in [6.07, 6.45) is 7.60. The topological polar surface area (TPSA) is 66.0 Å². The smallest absolute Gasteiger partial charge is 0.305 e. The number of carbonyl (C=O) groups excluding carboxylic acids is 1. The standard InChI is InChI=1S/C19H38N4O2.HI/c1-16(2)17(23-13-9-5-6-10-14-23)15-22-19(20-3)21-12-8-7-11-18(24)25-4;/h16-17H,5-15H2,1-4H3,(H2,20,21,22);1H. The Bertz CT molecular complexity index is 397. The number of unbranched alkanes of at least 4 members (excludes halogenated alkanes) is 1. The minimum atomic E-state index is -0.139. The van der Waals surface area contributed by atoms with Crippen molar-refractivity contribution >= 4 is 35.9 Å². The maximum Gasteiger partial charge on any atom is 0.305 e. The average Bonchev–Trinajstić information content (AvgIpc) is 2.88. The number of guanidine groups is 1. The predicted octanol–water partition coefficient (Wildman–Crippen LogP) is 3.01. The lowest BCUT2D eigenvalue weighted by atomic mass is 10.0. The van der Waals surface area contributed by atoms with Crippen LogP contribution in [0.3, 0.4) is 0 Å². The van der Waals surface area contributed by atoms with E-state index in [0.717, 1.165) is 31.9 Å². The highest BCUT2D eigenvalue weighted by Crippen LogP contribution is 2.17. The van der Waals surface area contributed by atoms with E-state index in [2.05, 4.69) is 39.1 Å². The molecule has 1 fully saturated rings. The number of rotatable bonds is 9. The molecule has 0 aromatic heterocycles. The fraction of sp³-hybridized carbons (Fsp3) is 0.895. The fourth-order valence-electron chi connectivity index (χ4n) is 3.34. The number of nitrogens with one attached hydrogen (secondary N) is 2. The van der Waals surface area contributed by atoms with Crippen LogP contribution in [0, 0.1) is 5.92 Å². The first-order valence-electron chi connectivity index (χ1n) is 9.83. The average molecular weight is 482 g/mol. The molecule has 0 aliphatic carbocycles. The van der Waals surface area contributed by atoms with Crippen LogP contribution >= 0.6 is 24.0 Å². The summed E-state index contributed by atoms with van der Waals surface area (Å²) in [7, 11) is 3.24. The summed E-state index contributed by atoms with van der Waals surface area (Å²) in [6.45, 7) is 8.76. The molecule has 154 valence electrons. The fourth-order valence-corrected chi connectivity index (χ4v) is 3.34. The molecule has 1 rings (SSSR count). The molecule has 1 atom stereocenters. The van der Waals surface area contributed by atoms with Gasteiger partial charge in [0, 0.05) is 32.6 Å². The van der Waals surface area contributed by atoms with Gasteiger partial charge in [-0.1, -0.05) is 26.7 Å². The lowest BCUT2D eigenvalue weighted by Crippen LogP contribution is -2.49. The molecule has 0 amide bonds. The number of methoxy groups -OCH3 is 1. The molecule has 0 bridgehead atoms. The van der Waals surface area contributed by atoms with Crippen LogP contribution in [0.15, 0.2) is 4.99 Å². The quantitative estimate of drug-likeness (QED) is 0.174. The first-order chi connectivity index (χ1) is 12.1. The Kier molecular flexibility index (Phi) is 15.1. The van der Waals surface area contributed by atoms with E-state index in [9.17, 15) is 4.79 Å². The summed E-state index contributed by atoms with van der Waals surface area (Å²) >= 11 is 0. The van der Waals surface area contributed by atoms with Crippen LogP contribution in [0.2, 0.25) is 0 Å². The van der Waals surface area contributed by atoms with Crippen LogP contribution < -0.4 is 10.6 Å². The zero-order valence-corrected chi connectivity index (χ0v) is 19.4. The summed E-state index contributed by atoms with van der Waals surface area (Å²) in [6, 6.07) is 0.538. The van der Waals surface area contributed by atoms with Gasteiger partial charge in [0.05, 0.1) is 7.11 Å². The van der Waals surface area contributed by atoms with E-state index >= 15 is 0 Å². The van der Waals surface area contributed by atoms with Crippen LogP contribution in [0.1, 0.15) is 58.8 Å². The Hall–Kier alpha value is -0.570. The van der Waals surface area contributed by atoms with Crippen LogP contribution in [-0.4, -0.2) is 63.2 Å². The zero-order chi connectivity index (χ0) is 18.5. The van der Waals surface area contributed by atoms with E-state index in [1.165, 1.54) is 45.9 Å². The number of ether oxygens (including phenoxy) is 1. The van der Waals surface area contributed by atoms with Crippen molar-refractivity contribution in [1.82, 2.24) is 15.5 Å². The van der Waals surface area contributed by atoms with Gasteiger partial charge >= 0.3 is 5.97 Å². The van der Waals surface area contributed by atoms with Gasteiger partial charge in [0.25, 0.3) is 0 Å². The second-order valence-electron chi connectivity index (χ2n) is 7.17. The van der Waals surface area contributed by atoms with Gasteiger partial charge in [0.15, 0.2) is 5.96 Å². The SMILES string of the molecule is CN=C(NCCCCC(=O)OC)NCC(C(C)C)N1CCCCCC1.I. The van der Waals surface area contributed by atoms with Crippen molar-refractivity contribution in [3.8, 4) is 0 Å². The lowest BCUT2D eigenvalue weighted by Gasteiger charge is -2.34. The van der Waals surface area contributed by atoms with Crippen molar-refractivity contribution in [2.75, 3.05) is 40.3 Å². The highest BCUT2D eigenvalue weighted by Gasteiger charge is 2.22. The maximum absolute atomic E-state index is 11.1. The van der Waals surface area contributed by atoms with E-state index < -0.39 is 0 Å². The highest BCUT2D eigenvalue weighted by molar-refractivity contribution is 14.0. The predicted molar refractivity (Wildman–Crippen MR) is 119 cm³/mol. The minimum Gasteiger partial charge on any atom is -0.469 e. The normalized spacial score (nSPS) is 17.2. The van der Waals surface area contributed by atoms with Gasteiger partial charge in [0.2, 0.25) is 0 Å². The molecule has 7 heteroatoms. The summed E-state index contributed by atoms with van der Waals surface area (Å²) in [4.78, 5) is 18.1. The largest absolute Gasteiger partial charge is 0.469 e. The molecule has 1 aliphatic rings. The molecule has 1 unspecified atom stereocenters. The van der Waals surface area contributed by atoms with Crippen molar-refractivity contribution in [2.24, 2.45) is 10.9 Å². The van der Waals surface area contributed by atoms with Gasteiger partial charge in [-0.05, 0) is 44.7 Å². The molecule has 0 saturated carbocycles. The van der Waals surface area contributed by atoms with Crippen molar-refractivity contribution in [1.29, 1.82) is 0 Å². The summed E-state index contributed by atoms with van der Waals surface area (Å²) in [5.74, 6) is 1.32. The summed E-state index contributed by atoms with van der Waals surface area (Å²) in [5, 5.41) is 6.82. The Labute approximate surface area is 176 Å². The Balaban J connectivity index is 0.00000625. The van der Waals surface area contributed by atoms with Crippen molar-refractivity contribution < 1.29 is 9.53 Å². The lowest BCUT2D eigenvalue weighted by molar-refractivity contribution is -0.140. The Morgan fingerprint density at radius 3 is 2.31 bits per heavy atom. The van der Waals surface area contributed by atoms with Crippen molar-refractivity contribution in [3.63, 3.8) is 0 Å². The zero-order valence-electron chi connectivity index (χ0n) is 17.1. The van der Waals surface area contributed by atoms with Crippen molar-refractivity contribution in [3.05, 3.63) is 0 Å². The van der Waals surface area contributed by atoms with Gasteiger partial charge in [-0.25, -0.2) is 0 Å². The third-order valence-corrected chi connectivity index (χ3v) is 4.91. The van der Waals surface area contributed by atoms with Crippen molar-refractivity contribution in [2.45, 2.75) is 64.8 Å². The molecule has 0 aromatic carbocycles.